The molecule has 144 valence electrons. The molecular formula is C19H25N5O2S. The summed E-state index contributed by atoms with van der Waals surface area (Å²) in [6, 6.07) is 4.39. The van der Waals surface area contributed by atoms with Gasteiger partial charge in [-0.15, -0.1) is 0 Å². The van der Waals surface area contributed by atoms with Crippen molar-refractivity contribution in [3.63, 3.8) is 0 Å². The molecule has 8 heteroatoms. The molecule has 7 nitrogen and oxygen atoms in total. The summed E-state index contributed by atoms with van der Waals surface area (Å²) in [4.78, 5) is 15.9. The zero-order valence-electron chi connectivity index (χ0n) is 16.0. The van der Waals surface area contributed by atoms with Gasteiger partial charge in [-0.05, 0) is 31.1 Å². The third kappa shape index (κ3) is 3.22. The van der Waals surface area contributed by atoms with Crippen LogP contribution in [0.5, 0.6) is 11.5 Å². The Bertz CT molecular complexity index is 853. The smallest absolute Gasteiger partial charge is 0.171 e. The largest absolute Gasteiger partial charge is 0.493 e. The Morgan fingerprint density at radius 3 is 2.33 bits per heavy atom. The predicted molar refractivity (Wildman–Crippen MR) is 110 cm³/mol. The number of hydrogen-bond acceptors (Lipinski definition) is 6. The molecule has 0 spiro atoms. The maximum atomic E-state index is 5.57. The lowest BCUT2D eigenvalue weighted by molar-refractivity contribution is 0.288. The maximum Gasteiger partial charge on any atom is 0.171 e. The van der Waals surface area contributed by atoms with Crippen LogP contribution in [0.15, 0.2) is 18.5 Å². The van der Waals surface area contributed by atoms with Crippen LogP contribution in [0, 0.1) is 0 Å². The second kappa shape index (κ2) is 7.34. The highest BCUT2D eigenvalue weighted by Gasteiger charge is 2.31. The van der Waals surface area contributed by atoms with Gasteiger partial charge >= 0.3 is 0 Å². The van der Waals surface area contributed by atoms with Crippen LogP contribution in [-0.2, 0) is 0 Å². The van der Waals surface area contributed by atoms with Crippen molar-refractivity contribution in [2.75, 3.05) is 52.3 Å². The van der Waals surface area contributed by atoms with E-state index in [9.17, 15) is 0 Å². The Hall–Kier alpha value is -2.35. The molecule has 0 aliphatic carbocycles. The van der Waals surface area contributed by atoms with Crippen molar-refractivity contribution in [1.29, 1.82) is 0 Å². The molecule has 27 heavy (non-hydrogen) atoms. The molecule has 0 atom stereocenters. The van der Waals surface area contributed by atoms with Gasteiger partial charge in [-0.1, -0.05) is 0 Å². The van der Waals surface area contributed by atoms with E-state index in [4.69, 9.17) is 21.7 Å². The Labute approximate surface area is 164 Å². The molecule has 4 rings (SSSR count). The minimum atomic E-state index is 0.515. The summed E-state index contributed by atoms with van der Waals surface area (Å²) in [5.74, 6) is 2.34. The van der Waals surface area contributed by atoms with Gasteiger partial charge in [0, 0.05) is 50.7 Å². The molecule has 0 amide bonds. The highest BCUT2D eigenvalue weighted by molar-refractivity contribution is 7.80. The third-order valence-electron chi connectivity index (χ3n) is 5.57. The van der Waals surface area contributed by atoms with E-state index in [1.54, 1.807) is 20.5 Å². The fourth-order valence-corrected chi connectivity index (χ4v) is 4.35. The van der Waals surface area contributed by atoms with Gasteiger partial charge in [0.05, 0.1) is 19.7 Å². The van der Waals surface area contributed by atoms with Crippen molar-refractivity contribution in [3.05, 3.63) is 18.5 Å². The molecule has 3 heterocycles. The second-order valence-corrected chi connectivity index (χ2v) is 7.40. The fraction of sp³-hybridized carbons (Fsp3) is 0.526. The van der Waals surface area contributed by atoms with E-state index in [0.717, 1.165) is 60.9 Å². The highest BCUT2D eigenvalue weighted by atomic mass is 32.1. The number of likely N-dealkylation sites (N-methyl/N-ethyl adjacent to an activating group) is 1. The molecule has 0 radical (unpaired) electrons. The normalized spacial score (nSPS) is 18.5. The Morgan fingerprint density at radius 2 is 1.70 bits per heavy atom. The van der Waals surface area contributed by atoms with E-state index >= 15 is 0 Å². The molecule has 2 aromatic rings. The van der Waals surface area contributed by atoms with Crippen molar-refractivity contribution < 1.29 is 9.47 Å². The summed E-state index contributed by atoms with van der Waals surface area (Å²) in [5.41, 5.74) is 0.863. The van der Waals surface area contributed by atoms with E-state index in [-0.39, 0.29) is 0 Å². The number of fused-ring (bicyclic) bond motifs is 1. The molecular weight excluding hydrogens is 362 g/mol. The minimum Gasteiger partial charge on any atom is -0.493 e. The number of aromatic nitrogens is 2. The molecule has 1 aromatic heterocycles. The number of nitrogens with zero attached hydrogens (tertiary/aromatic N) is 5. The van der Waals surface area contributed by atoms with Gasteiger partial charge in [0.25, 0.3) is 0 Å². The number of piperidine rings is 1. The monoisotopic (exact) mass is 387 g/mol. The van der Waals surface area contributed by atoms with E-state index in [1.807, 2.05) is 12.1 Å². The van der Waals surface area contributed by atoms with Crippen molar-refractivity contribution in [2.24, 2.45) is 0 Å². The minimum absolute atomic E-state index is 0.515. The molecule has 0 N–H and O–H groups in total. The van der Waals surface area contributed by atoms with Crippen molar-refractivity contribution in [1.82, 2.24) is 19.8 Å². The Morgan fingerprint density at radius 1 is 1.00 bits per heavy atom. The first-order valence-corrected chi connectivity index (χ1v) is 9.66. The highest BCUT2D eigenvalue weighted by Crippen LogP contribution is 2.35. The van der Waals surface area contributed by atoms with E-state index in [0.29, 0.717) is 17.5 Å². The van der Waals surface area contributed by atoms with Gasteiger partial charge < -0.3 is 24.2 Å². The second-order valence-electron chi connectivity index (χ2n) is 7.04. The van der Waals surface area contributed by atoms with E-state index in [2.05, 4.69) is 31.7 Å². The lowest BCUT2D eigenvalue weighted by atomic mass is 10.0. The van der Waals surface area contributed by atoms with Crippen LogP contribution < -0.4 is 14.4 Å². The number of anilines is 1. The first kappa shape index (κ1) is 18.0. The topological polar surface area (TPSA) is 54.0 Å². The van der Waals surface area contributed by atoms with Crippen LogP contribution in [0.25, 0.3) is 10.9 Å². The average molecular weight is 388 g/mol. The van der Waals surface area contributed by atoms with Gasteiger partial charge in [-0.2, -0.15) is 0 Å². The summed E-state index contributed by atoms with van der Waals surface area (Å²) in [7, 11) is 5.36. The Kier molecular flexibility index (Phi) is 4.90. The standard InChI is InChI=1S/C19H25N5O2S/c1-22-8-9-24(19(22)27)13-4-6-23(7-5-13)18-14-10-16(25-2)17(26-3)11-15(14)20-12-21-18/h10-13H,4-9H2,1-3H3. The molecule has 2 fully saturated rings. The number of ether oxygens (including phenoxy) is 2. The van der Waals surface area contributed by atoms with Crippen LogP contribution in [0.2, 0.25) is 0 Å². The van der Waals surface area contributed by atoms with Crippen molar-refractivity contribution in [2.45, 2.75) is 18.9 Å². The number of benzene rings is 1. The number of thiocarbonyl (C=S) groups is 1. The van der Waals surface area contributed by atoms with Gasteiger partial charge in [-0.25, -0.2) is 9.97 Å². The van der Waals surface area contributed by atoms with Crippen LogP contribution in [-0.4, -0.2) is 78.4 Å². The van der Waals surface area contributed by atoms with Gasteiger partial charge in [0.2, 0.25) is 0 Å². The third-order valence-corrected chi connectivity index (χ3v) is 6.12. The fourth-order valence-electron chi connectivity index (χ4n) is 4.02. The summed E-state index contributed by atoms with van der Waals surface area (Å²) < 4.78 is 10.9. The Balaban J connectivity index is 1.56. The molecule has 0 unspecified atom stereocenters. The lowest BCUT2D eigenvalue weighted by Gasteiger charge is -2.38. The molecule has 2 saturated heterocycles. The van der Waals surface area contributed by atoms with Crippen LogP contribution >= 0.6 is 12.2 Å². The van der Waals surface area contributed by atoms with E-state index in [1.165, 1.54) is 0 Å². The maximum absolute atomic E-state index is 5.57. The molecule has 0 bridgehead atoms. The van der Waals surface area contributed by atoms with Gasteiger partial charge in [0.1, 0.15) is 12.1 Å². The average Bonchev–Trinajstić information content (AvgIpc) is 3.05. The quantitative estimate of drug-likeness (QED) is 0.740. The molecule has 2 aliphatic heterocycles. The van der Waals surface area contributed by atoms with Crippen LogP contribution in [0.3, 0.4) is 0 Å². The van der Waals surface area contributed by atoms with E-state index < -0.39 is 0 Å². The summed E-state index contributed by atoms with van der Waals surface area (Å²) in [6.07, 6.45) is 3.78. The van der Waals surface area contributed by atoms with Gasteiger partial charge in [0.15, 0.2) is 16.6 Å². The lowest BCUT2D eigenvalue weighted by Crippen LogP contribution is -2.46. The summed E-state index contributed by atoms with van der Waals surface area (Å²) in [6.45, 7) is 3.96. The van der Waals surface area contributed by atoms with Crippen molar-refractivity contribution in [3.8, 4) is 11.5 Å². The summed E-state index contributed by atoms with van der Waals surface area (Å²) in [5, 5.41) is 1.97. The zero-order chi connectivity index (χ0) is 19.0. The van der Waals surface area contributed by atoms with Gasteiger partial charge in [-0.3, -0.25) is 0 Å². The number of hydrogen-bond donors (Lipinski definition) is 0. The number of methoxy groups -OCH3 is 2. The first-order valence-electron chi connectivity index (χ1n) is 9.25. The van der Waals surface area contributed by atoms with Crippen LogP contribution in [0.1, 0.15) is 12.8 Å². The first-order chi connectivity index (χ1) is 13.1. The zero-order valence-corrected chi connectivity index (χ0v) is 16.8. The predicted octanol–water partition coefficient (Wildman–Crippen LogP) is 2.15. The SMILES string of the molecule is COc1cc2ncnc(N3CCC(N4CCN(C)C4=S)CC3)c2cc1OC. The molecule has 1 aromatic carbocycles. The molecule has 0 saturated carbocycles. The molecule has 2 aliphatic rings. The number of rotatable bonds is 4. The summed E-state index contributed by atoms with van der Waals surface area (Å²) >= 11 is 5.57. The van der Waals surface area contributed by atoms with Crippen LogP contribution in [0.4, 0.5) is 5.82 Å². The van der Waals surface area contributed by atoms with Crippen molar-refractivity contribution >= 4 is 34.1 Å².